The summed E-state index contributed by atoms with van der Waals surface area (Å²) in [5.74, 6) is 0.579. The number of likely N-dealkylation sites (N-methyl/N-ethyl adjacent to an activating group) is 1. The molecule has 2 heterocycles. The second kappa shape index (κ2) is 10.2. The van der Waals surface area contributed by atoms with Crippen molar-refractivity contribution in [3.8, 4) is 11.4 Å². The summed E-state index contributed by atoms with van der Waals surface area (Å²) >= 11 is 0. The van der Waals surface area contributed by atoms with Crippen LogP contribution in [0.1, 0.15) is 41.6 Å². The van der Waals surface area contributed by atoms with E-state index in [9.17, 15) is 9.59 Å². The average molecular weight is 476 g/mol. The van der Waals surface area contributed by atoms with E-state index >= 15 is 0 Å². The first-order valence-corrected chi connectivity index (χ1v) is 12.5. The van der Waals surface area contributed by atoms with E-state index < -0.39 is 0 Å². The van der Waals surface area contributed by atoms with Gasteiger partial charge in [0, 0.05) is 37.5 Å². The fourth-order valence-corrected chi connectivity index (χ4v) is 4.55. The maximum Gasteiger partial charge on any atom is 0.263 e. The zero-order chi connectivity index (χ0) is 24.4. The van der Waals surface area contributed by atoms with Gasteiger partial charge in [-0.15, -0.1) is 0 Å². The molecular weight excluding hydrogens is 442 g/mol. The molecule has 0 spiro atoms. The molecule has 2 aromatic carbocycles. The molecule has 184 valence electrons. The Balaban J connectivity index is 1.33. The number of ether oxygens (including phenoxy) is 2. The van der Waals surface area contributed by atoms with Crippen molar-refractivity contribution in [2.75, 3.05) is 33.4 Å². The van der Waals surface area contributed by atoms with E-state index in [1.807, 2.05) is 43.3 Å². The molecule has 1 aromatic heterocycles. The van der Waals surface area contributed by atoms with Crippen LogP contribution in [-0.4, -0.2) is 60.9 Å². The number of amides is 1. The Morgan fingerprint density at radius 2 is 2.03 bits per heavy atom. The minimum atomic E-state index is -0.133. The van der Waals surface area contributed by atoms with Gasteiger partial charge in [-0.2, -0.15) is 0 Å². The van der Waals surface area contributed by atoms with Gasteiger partial charge in [0.2, 0.25) is 0 Å². The molecule has 2 fully saturated rings. The first-order valence-electron chi connectivity index (χ1n) is 12.5. The Labute approximate surface area is 205 Å². The Morgan fingerprint density at radius 1 is 1.17 bits per heavy atom. The van der Waals surface area contributed by atoms with Gasteiger partial charge >= 0.3 is 0 Å². The third kappa shape index (κ3) is 5.57. The van der Waals surface area contributed by atoms with Crippen LogP contribution in [0.15, 0.2) is 53.5 Å². The number of rotatable bonds is 9. The molecule has 0 bridgehead atoms. The normalized spacial score (nSPS) is 17.7. The average Bonchev–Trinajstić information content (AvgIpc) is 3.52. The lowest BCUT2D eigenvalue weighted by atomic mass is 10.1. The maximum absolute atomic E-state index is 13.5. The van der Waals surface area contributed by atoms with Crippen molar-refractivity contribution in [2.24, 2.45) is 0 Å². The van der Waals surface area contributed by atoms with Gasteiger partial charge in [0.1, 0.15) is 12.4 Å². The SMILES string of the molecule is Cc1ccc(C(=O)NC2CC2)cc1-n1ccc2ccc(OCCN(C)CC3CCCO3)cc2c1=O. The second-order valence-electron chi connectivity index (χ2n) is 9.73. The predicted octanol–water partition coefficient (Wildman–Crippen LogP) is 3.68. The van der Waals surface area contributed by atoms with Gasteiger partial charge in [-0.05, 0) is 80.9 Å². The van der Waals surface area contributed by atoms with Gasteiger partial charge < -0.3 is 19.7 Å². The molecule has 1 saturated carbocycles. The zero-order valence-corrected chi connectivity index (χ0v) is 20.5. The van der Waals surface area contributed by atoms with Crippen molar-refractivity contribution in [1.29, 1.82) is 0 Å². The third-order valence-electron chi connectivity index (χ3n) is 6.80. The van der Waals surface area contributed by atoms with Crippen molar-refractivity contribution >= 4 is 16.7 Å². The van der Waals surface area contributed by atoms with Crippen LogP contribution < -0.4 is 15.6 Å². The molecule has 0 radical (unpaired) electrons. The number of benzene rings is 2. The summed E-state index contributed by atoms with van der Waals surface area (Å²) in [7, 11) is 2.07. The molecular formula is C28H33N3O4. The molecule has 1 aliphatic heterocycles. The molecule has 1 N–H and O–H groups in total. The Bertz CT molecular complexity index is 1270. The Kier molecular flexibility index (Phi) is 6.88. The number of carbonyl (C=O) groups excluding carboxylic acids is 1. The van der Waals surface area contributed by atoms with E-state index in [1.165, 1.54) is 0 Å². The van der Waals surface area contributed by atoms with E-state index in [2.05, 4.69) is 17.3 Å². The zero-order valence-electron chi connectivity index (χ0n) is 20.5. The minimum absolute atomic E-state index is 0.0947. The smallest absolute Gasteiger partial charge is 0.263 e. The molecule has 7 nitrogen and oxygen atoms in total. The Morgan fingerprint density at radius 3 is 2.80 bits per heavy atom. The van der Waals surface area contributed by atoms with Crippen molar-refractivity contribution in [3.63, 3.8) is 0 Å². The lowest BCUT2D eigenvalue weighted by molar-refractivity contribution is 0.0771. The fourth-order valence-electron chi connectivity index (χ4n) is 4.55. The third-order valence-corrected chi connectivity index (χ3v) is 6.80. The number of pyridine rings is 1. The van der Waals surface area contributed by atoms with Crippen LogP contribution in [0.2, 0.25) is 0 Å². The topological polar surface area (TPSA) is 72.8 Å². The lowest BCUT2D eigenvalue weighted by Crippen LogP contribution is -2.32. The summed E-state index contributed by atoms with van der Waals surface area (Å²) in [4.78, 5) is 28.2. The molecule has 1 atom stereocenters. The number of hydrogen-bond donors (Lipinski definition) is 1. The van der Waals surface area contributed by atoms with Gasteiger partial charge in [0.05, 0.1) is 17.2 Å². The minimum Gasteiger partial charge on any atom is -0.492 e. The van der Waals surface area contributed by atoms with Gasteiger partial charge in [0.15, 0.2) is 0 Å². The van der Waals surface area contributed by atoms with E-state index in [0.29, 0.717) is 35.1 Å². The summed E-state index contributed by atoms with van der Waals surface area (Å²) in [5, 5.41) is 4.46. The summed E-state index contributed by atoms with van der Waals surface area (Å²) in [6.45, 7) is 5.03. The van der Waals surface area contributed by atoms with Crippen LogP contribution in [0.5, 0.6) is 5.75 Å². The molecule has 35 heavy (non-hydrogen) atoms. The number of aromatic nitrogens is 1. The number of carbonyl (C=O) groups is 1. The molecule has 2 aliphatic rings. The highest BCUT2D eigenvalue weighted by atomic mass is 16.5. The highest BCUT2D eigenvalue weighted by molar-refractivity contribution is 5.95. The fraction of sp³-hybridized carbons (Fsp3) is 0.429. The van der Waals surface area contributed by atoms with Crippen molar-refractivity contribution in [3.05, 3.63) is 70.1 Å². The van der Waals surface area contributed by atoms with Crippen molar-refractivity contribution in [1.82, 2.24) is 14.8 Å². The first kappa shape index (κ1) is 23.6. The van der Waals surface area contributed by atoms with Gasteiger partial charge in [-0.25, -0.2) is 0 Å². The van der Waals surface area contributed by atoms with Crippen molar-refractivity contribution in [2.45, 2.75) is 44.8 Å². The predicted molar refractivity (Wildman–Crippen MR) is 137 cm³/mol. The van der Waals surface area contributed by atoms with Gasteiger partial charge in [0.25, 0.3) is 11.5 Å². The quantitative estimate of drug-likeness (QED) is 0.511. The van der Waals surface area contributed by atoms with Crippen LogP contribution in [0.4, 0.5) is 0 Å². The maximum atomic E-state index is 13.5. The lowest BCUT2D eigenvalue weighted by Gasteiger charge is -2.20. The number of nitrogens with one attached hydrogen (secondary N) is 1. The number of nitrogens with zero attached hydrogens (tertiary/aromatic N) is 2. The van der Waals surface area contributed by atoms with Crippen LogP contribution in [0.3, 0.4) is 0 Å². The summed E-state index contributed by atoms with van der Waals surface area (Å²) < 4.78 is 13.3. The Hall–Kier alpha value is -3.16. The van der Waals surface area contributed by atoms with Crippen LogP contribution >= 0.6 is 0 Å². The van der Waals surface area contributed by atoms with Crippen LogP contribution in [-0.2, 0) is 4.74 Å². The number of fused-ring (bicyclic) bond motifs is 1. The molecule has 1 unspecified atom stereocenters. The molecule has 5 rings (SSSR count). The van der Waals surface area contributed by atoms with E-state index in [1.54, 1.807) is 16.8 Å². The summed E-state index contributed by atoms with van der Waals surface area (Å²) in [6.07, 6.45) is 6.42. The molecule has 7 heteroatoms. The van der Waals surface area contributed by atoms with Crippen molar-refractivity contribution < 1.29 is 14.3 Å². The monoisotopic (exact) mass is 475 g/mol. The first-order chi connectivity index (χ1) is 17.0. The molecule has 1 saturated heterocycles. The van der Waals surface area contributed by atoms with E-state index in [4.69, 9.17) is 9.47 Å². The van der Waals surface area contributed by atoms with Crippen LogP contribution in [0.25, 0.3) is 16.5 Å². The largest absolute Gasteiger partial charge is 0.492 e. The molecule has 1 amide bonds. The van der Waals surface area contributed by atoms with Gasteiger partial charge in [-0.1, -0.05) is 12.1 Å². The summed E-state index contributed by atoms with van der Waals surface area (Å²) in [5.41, 5.74) is 2.07. The summed E-state index contributed by atoms with van der Waals surface area (Å²) in [6, 6.07) is 13.3. The van der Waals surface area contributed by atoms with E-state index in [0.717, 1.165) is 56.3 Å². The molecule has 3 aromatic rings. The van der Waals surface area contributed by atoms with E-state index in [-0.39, 0.29) is 17.5 Å². The van der Waals surface area contributed by atoms with Crippen LogP contribution in [0, 0.1) is 6.92 Å². The van der Waals surface area contributed by atoms with Gasteiger partial charge in [-0.3, -0.25) is 14.2 Å². The number of hydrogen-bond acceptors (Lipinski definition) is 5. The molecule has 1 aliphatic carbocycles. The number of aryl methyl sites for hydroxylation is 1. The highest BCUT2D eigenvalue weighted by Gasteiger charge is 2.24. The standard InChI is InChI=1S/C28H33N3O4/c1-19-5-6-21(27(32)29-22-8-9-22)16-26(19)31-12-11-20-7-10-23(17-25(20)28(31)33)35-15-13-30(2)18-24-4-3-14-34-24/h5-7,10-12,16-17,22,24H,3-4,8-9,13-15,18H2,1-2H3,(H,29,32). The second-order valence-corrected chi connectivity index (χ2v) is 9.73. The highest BCUT2D eigenvalue weighted by Crippen LogP contribution is 2.23.